The lowest BCUT2D eigenvalue weighted by atomic mass is 10.2. The van der Waals surface area contributed by atoms with Crippen molar-refractivity contribution in [2.45, 2.75) is 32.4 Å². The van der Waals surface area contributed by atoms with E-state index in [4.69, 9.17) is 0 Å². The molecule has 1 aliphatic rings. The number of aryl methyl sites for hydroxylation is 1. The van der Waals surface area contributed by atoms with Crippen molar-refractivity contribution in [1.82, 2.24) is 5.32 Å². The molecule has 0 spiro atoms. The van der Waals surface area contributed by atoms with Crippen LogP contribution in [0, 0.1) is 6.92 Å². The second-order valence-corrected chi connectivity index (χ2v) is 5.58. The van der Waals surface area contributed by atoms with Gasteiger partial charge in [-0.2, -0.15) is 0 Å². The number of thiophene rings is 1. The molecule has 1 fully saturated rings. The van der Waals surface area contributed by atoms with Crippen molar-refractivity contribution in [2.75, 3.05) is 0 Å². The zero-order valence-electron chi connectivity index (χ0n) is 8.92. The van der Waals surface area contributed by atoms with Gasteiger partial charge in [0.2, 0.25) is 0 Å². The fourth-order valence-corrected chi connectivity index (χ4v) is 2.93. The molecule has 2 aromatic rings. The molecule has 1 aliphatic carbocycles. The van der Waals surface area contributed by atoms with Crippen molar-refractivity contribution in [2.24, 2.45) is 0 Å². The Labute approximate surface area is 94.1 Å². The van der Waals surface area contributed by atoms with Crippen molar-refractivity contribution in [3.05, 3.63) is 34.7 Å². The first-order valence-electron chi connectivity index (χ1n) is 5.54. The van der Waals surface area contributed by atoms with Crippen LogP contribution in [0.3, 0.4) is 0 Å². The molecule has 0 amide bonds. The maximum atomic E-state index is 3.56. The van der Waals surface area contributed by atoms with E-state index in [1.54, 1.807) is 0 Å². The average Bonchev–Trinajstić information content (AvgIpc) is 2.95. The molecular weight excluding hydrogens is 202 g/mol. The molecule has 1 aromatic heterocycles. The van der Waals surface area contributed by atoms with Crippen LogP contribution in [0.15, 0.2) is 24.3 Å². The first-order chi connectivity index (χ1) is 7.31. The van der Waals surface area contributed by atoms with Crippen LogP contribution in [0.5, 0.6) is 0 Å². The Morgan fingerprint density at radius 1 is 1.33 bits per heavy atom. The van der Waals surface area contributed by atoms with Crippen molar-refractivity contribution in [3.8, 4) is 0 Å². The molecule has 0 aliphatic heterocycles. The van der Waals surface area contributed by atoms with Crippen LogP contribution in [0.1, 0.15) is 23.3 Å². The van der Waals surface area contributed by atoms with E-state index in [2.05, 4.69) is 36.5 Å². The van der Waals surface area contributed by atoms with E-state index < -0.39 is 0 Å². The van der Waals surface area contributed by atoms with E-state index in [0.29, 0.717) is 0 Å². The van der Waals surface area contributed by atoms with E-state index in [-0.39, 0.29) is 0 Å². The minimum atomic E-state index is 0.803. The molecule has 0 unspecified atom stereocenters. The second-order valence-electron chi connectivity index (χ2n) is 4.41. The number of benzene rings is 1. The summed E-state index contributed by atoms with van der Waals surface area (Å²) in [7, 11) is 0. The Balaban J connectivity index is 1.84. The van der Waals surface area contributed by atoms with Gasteiger partial charge in [-0.1, -0.05) is 12.1 Å². The molecule has 15 heavy (non-hydrogen) atoms. The average molecular weight is 217 g/mol. The highest BCUT2D eigenvalue weighted by atomic mass is 32.1. The summed E-state index contributed by atoms with van der Waals surface area (Å²) in [5.41, 5.74) is 1.35. The third kappa shape index (κ3) is 2.06. The van der Waals surface area contributed by atoms with Crippen LogP contribution in [0.4, 0.5) is 0 Å². The summed E-state index contributed by atoms with van der Waals surface area (Å²) >= 11 is 1.92. The molecule has 1 saturated carbocycles. The first-order valence-corrected chi connectivity index (χ1v) is 6.35. The Kier molecular flexibility index (Phi) is 2.26. The summed E-state index contributed by atoms with van der Waals surface area (Å²) in [4.78, 5) is 1.46. The summed E-state index contributed by atoms with van der Waals surface area (Å²) in [6.45, 7) is 3.20. The van der Waals surface area contributed by atoms with Crippen molar-refractivity contribution in [3.63, 3.8) is 0 Å². The molecule has 3 rings (SSSR count). The predicted molar refractivity (Wildman–Crippen MR) is 66.4 cm³/mol. The van der Waals surface area contributed by atoms with Gasteiger partial charge < -0.3 is 5.32 Å². The third-order valence-electron chi connectivity index (χ3n) is 2.87. The third-order valence-corrected chi connectivity index (χ3v) is 3.97. The van der Waals surface area contributed by atoms with Gasteiger partial charge in [0.25, 0.3) is 0 Å². The van der Waals surface area contributed by atoms with E-state index >= 15 is 0 Å². The van der Waals surface area contributed by atoms with Crippen LogP contribution in [0.25, 0.3) is 10.1 Å². The van der Waals surface area contributed by atoms with Gasteiger partial charge in [-0.3, -0.25) is 0 Å². The molecule has 1 N–H and O–H groups in total. The maximum Gasteiger partial charge on any atom is 0.0348 e. The van der Waals surface area contributed by atoms with Crippen molar-refractivity contribution < 1.29 is 0 Å². The van der Waals surface area contributed by atoms with Crippen LogP contribution >= 0.6 is 11.3 Å². The molecule has 78 valence electrons. The summed E-state index contributed by atoms with van der Waals surface area (Å²) in [6, 6.07) is 9.81. The molecule has 1 heterocycles. The maximum absolute atomic E-state index is 3.56. The number of fused-ring (bicyclic) bond motifs is 1. The summed E-state index contributed by atoms with van der Waals surface area (Å²) in [5.74, 6) is 0. The molecular formula is C13H15NS. The molecule has 0 atom stereocenters. The van der Waals surface area contributed by atoms with Gasteiger partial charge in [-0.15, -0.1) is 11.3 Å². The van der Waals surface area contributed by atoms with Gasteiger partial charge in [0, 0.05) is 22.2 Å². The Bertz CT molecular complexity index is 482. The smallest absolute Gasteiger partial charge is 0.0348 e. The fourth-order valence-electron chi connectivity index (χ4n) is 1.81. The number of nitrogens with one attached hydrogen (secondary N) is 1. The molecule has 2 heteroatoms. The second kappa shape index (κ2) is 3.62. The van der Waals surface area contributed by atoms with Gasteiger partial charge in [0.1, 0.15) is 0 Å². The zero-order chi connectivity index (χ0) is 10.3. The topological polar surface area (TPSA) is 12.0 Å². The van der Waals surface area contributed by atoms with Crippen LogP contribution < -0.4 is 5.32 Å². The highest BCUT2D eigenvalue weighted by molar-refractivity contribution is 7.19. The molecule has 0 saturated heterocycles. The lowest BCUT2D eigenvalue weighted by molar-refractivity contribution is 0.695. The monoisotopic (exact) mass is 217 g/mol. The fraction of sp³-hybridized carbons (Fsp3) is 0.385. The standard InChI is InChI=1S/C13H15NS/c1-9-2-3-10-7-12(15-13(10)6-9)8-14-11-4-5-11/h2-3,6-7,11,14H,4-5,8H2,1H3. The van der Waals surface area contributed by atoms with Crippen LogP contribution in [-0.2, 0) is 6.54 Å². The van der Waals surface area contributed by atoms with Gasteiger partial charge in [-0.25, -0.2) is 0 Å². The lowest BCUT2D eigenvalue weighted by Crippen LogP contribution is -2.14. The van der Waals surface area contributed by atoms with Crippen molar-refractivity contribution in [1.29, 1.82) is 0 Å². The normalized spacial score (nSPS) is 16.1. The molecule has 1 aromatic carbocycles. The first kappa shape index (κ1) is 9.37. The Morgan fingerprint density at radius 3 is 3.00 bits per heavy atom. The van der Waals surface area contributed by atoms with E-state index in [0.717, 1.165) is 12.6 Å². The van der Waals surface area contributed by atoms with E-state index in [1.165, 1.54) is 33.4 Å². The molecule has 1 nitrogen and oxygen atoms in total. The Hall–Kier alpha value is -0.860. The number of hydrogen-bond donors (Lipinski definition) is 1. The summed E-state index contributed by atoms with van der Waals surface area (Å²) < 4.78 is 1.42. The largest absolute Gasteiger partial charge is 0.309 e. The SMILES string of the molecule is Cc1ccc2cc(CNC3CC3)sc2c1. The van der Waals surface area contributed by atoms with Gasteiger partial charge in [0.15, 0.2) is 0 Å². The van der Waals surface area contributed by atoms with Crippen LogP contribution in [0.2, 0.25) is 0 Å². The number of rotatable bonds is 3. The van der Waals surface area contributed by atoms with Gasteiger partial charge >= 0.3 is 0 Å². The van der Waals surface area contributed by atoms with Crippen LogP contribution in [-0.4, -0.2) is 6.04 Å². The predicted octanol–water partition coefficient (Wildman–Crippen LogP) is 3.46. The van der Waals surface area contributed by atoms with Gasteiger partial charge in [0.05, 0.1) is 0 Å². The van der Waals surface area contributed by atoms with E-state index in [1.807, 2.05) is 11.3 Å². The summed E-state index contributed by atoms with van der Waals surface area (Å²) in [5, 5.41) is 4.95. The molecule has 0 radical (unpaired) electrons. The zero-order valence-corrected chi connectivity index (χ0v) is 9.73. The minimum absolute atomic E-state index is 0.803. The quantitative estimate of drug-likeness (QED) is 0.830. The summed E-state index contributed by atoms with van der Waals surface area (Å²) in [6.07, 6.45) is 2.73. The Morgan fingerprint density at radius 2 is 2.20 bits per heavy atom. The van der Waals surface area contributed by atoms with Crippen molar-refractivity contribution >= 4 is 21.4 Å². The number of hydrogen-bond acceptors (Lipinski definition) is 2. The lowest BCUT2D eigenvalue weighted by Gasteiger charge is -1.97. The highest BCUT2D eigenvalue weighted by Crippen LogP contribution is 2.27. The van der Waals surface area contributed by atoms with Gasteiger partial charge in [-0.05, 0) is 42.8 Å². The minimum Gasteiger partial charge on any atom is -0.309 e. The highest BCUT2D eigenvalue weighted by Gasteiger charge is 2.20. The molecule has 0 bridgehead atoms. The van der Waals surface area contributed by atoms with E-state index in [9.17, 15) is 0 Å².